The molecule has 21 heavy (non-hydrogen) atoms. The number of hydrogen-bond acceptors (Lipinski definition) is 4. The summed E-state index contributed by atoms with van der Waals surface area (Å²) in [5.41, 5.74) is 1.19. The number of rotatable bonds is 3. The second kappa shape index (κ2) is 5.69. The molecule has 0 spiro atoms. The molecule has 1 N–H and O–H groups in total. The first-order chi connectivity index (χ1) is 10.1. The highest BCUT2D eigenvalue weighted by Crippen LogP contribution is 2.38. The van der Waals surface area contributed by atoms with Crippen molar-refractivity contribution in [1.82, 2.24) is 4.90 Å². The van der Waals surface area contributed by atoms with E-state index in [0.717, 1.165) is 4.90 Å². The number of carboxylic acid groups (broad SMARTS) is 1. The normalized spacial score (nSPS) is 27.4. The number of thioether (sulfide) groups is 1. The zero-order valence-electron chi connectivity index (χ0n) is 11.7. The van der Waals surface area contributed by atoms with Gasteiger partial charge in [0.2, 0.25) is 5.91 Å². The van der Waals surface area contributed by atoms with Crippen LogP contribution >= 0.6 is 11.8 Å². The predicted molar refractivity (Wildman–Crippen MR) is 78.3 cm³/mol. The number of likely N-dealkylation sites (N-methyl/N-ethyl adjacent to an activating group) is 1. The molecule has 2 aliphatic rings. The number of ether oxygens (including phenoxy) is 1. The summed E-state index contributed by atoms with van der Waals surface area (Å²) in [5.74, 6) is -1.55. The molecule has 1 aromatic carbocycles. The maximum Gasteiger partial charge on any atom is 0.311 e. The van der Waals surface area contributed by atoms with Crippen molar-refractivity contribution in [2.45, 2.75) is 22.6 Å². The smallest absolute Gasteiger partial charge is 0.311 e. The van der Waals surface area contributed by atoms with E-state index >= 15 is 0 Å². The van der Waals surface area contributed by atoms with E-state index in [9.17, 15) is 14.7 Å². The first-order valence-corrected chi connectivity index (χ1v) is 7.77. The van der Waals surface area contributed by atoms with E-state index in [1.54, 1.807) is 23.7 Å². The minimum atomic E-state index is -0.903. The summed E-state index contributed by atoms with van der Waals surface area (Å²) < 4.78 is 5.25. The van der Waals surface area contributed by atoms with Gasteiger partial charge in [0.15, 0.2) is 0 Å². The Labute approximate surface area is 127 Å². The van der Waals surface area contributed by atoms with Gasteiger partial charge in [0.25, 0.3) is 0 Å². The molecule has 0 radical (unpaired) electrons. The number of nitrogens with zero attached hydrogens (tertiary/aromatic N) is 1. The molecule has 3 unspecified atom stereocenters. The van der Waals surface area contributed by atoms with Crippen LogP contribution in [0.2, 0.25) is 0 Å². The van der Waals surface area contributed by atoms with Gasteiger partial charge in [-0.2, -0.15) is 0 Å². The fraction of sp³-hybridized carbons (Fsp3) is 0.467. The molecule has 2 heterocycles. The number of carbonyl (C=O) groups is 2. The van der Waals surface area contributed by atoms with Crippen molar-refractivity contribution in [1.29, 1.82) is 0 Å². The highest BCUT2D eigenvalue weighted by atomic mass is 32.2. The summed E-state index contributed by atoms with van der Waals surface area (Å²) in [6.45, 7) is 0.471. The quantitative estimate of drug-likeness (QED) is 0.910. The van der Waals surface area contributed by atoms with Crippen LogP contribution < -0.4 is 0 Å². The van der Waals surface area contributed by atoms with Gasteiger partial charge in [0, 0.05) is 11.9 Å². The largest absolute Gasteiger partial charge is 0.481 e. The van der Waals surface area contributed by atoms with Crippen molar-refractivity contribution in [2.24, 2.45) is 5.92 Å². The first kappa shape index (κ1) is 14.4. The van der Waals surface area contributed by atoms with E-state index in [0.29, 0.717) is 13.0 Å². The van der Waals surface area contributed by atoms with Crippen molar-refractivity contribution in [2.75, 3.05) is 20.3 Å². The third-order valence-electron chi connectivity index (χ3n) is 4.14. The maximum atomic E-state index is 12.6. The van der Waals surface area contributed by atoms with Crippen molar-refractivity contribution in [3.8, 4) is 0 Å². The standard InChI is InChI=1S/C15H17NO4S/c1-16(11-8-20-7-10(11)15(18)19)14(17)13-6-9-4-2-3-5-12(9)21-13/h2-5,10-11,13H,6-8H2,1H3,(H,18,19). The van der Waals surface area contributed by atoms with Crippen LogP contribution in [-0.2, 0) is 20.7 Å². The van der Waals surface area contributed by atoms with E-state index < -0.39 is 11.9 Å². The molecular weight excluding hydrogens is 290 g/mol. The monoisotopic (exact) mass is 307 g/mol. The molecule has 0 bridgehead atoms. The SMILES string of the molecule is CN(C(=O)C1Cc2ccccc2S1)C1COCC1C(=O)O. The van der Waals surface area contributed by atoms with Crippen LogP contribution in [0.4, 0.5) is 0 Å². The zero-order valence-corrected chi connectivity index (χ0v) is 12.5. The molecule has 3 atom stereocenters. The lowest BCUT2D eigenvalue weighted by Gasteiger charge is -2.28. The molecule has 5 nitrogen and oxygen atoms in total. The summed E-state index contributed by atoms with van der Waals surface area (Å²) in [5, 5.41) is 9.03. The summed E-state index contributed by atoms with van der Waals surface area (Å²) in [6.07, 6.45) is 0.704. The van der Waals surface area contributed by atoms with Gasteiger partial charge in [-0.3, -0.25) is 9.59 Å². The Kier molecular flexibility index (Phi) is 3.91. The van der Waals surface area contributed by atoms with Crippen LogP contribution in [0.5, 0.6) is 0 Å². The van der Waals surface area contributed by atoms with E-state index in [4.69, 9.17) is 4.74 Å². The summed E-state index contributed by atoms with van der Waals surface area (Å²) in [7, 11) is 1.68. The molecule has 2 aliphatic heterocycles. The minimum absolute atomic E-state index is 0.0158. The molecule has 1 aromatic rings. The molecule has 112 valence electrons. The number of aliphatic carboxylic acids is 1. The van der Waals surface area contributed by atoms with Gasteiger partial charge in [-0.05, 0) is 18.1 Å². The summed E-state index contributed by atoms with van der Waals surface area (Å²) in [4.78, 5) is 26.5. The molecule has 6 heteroatoms. The van der Waals surface area contributed by atoms with E-state index in [1.807, 2.05) is 24.3 Å². The topological polar surface area (TPSA) is 66.8 Å². The number of benzene rings is 1. The zero-order chi connectivity index (χ0) is 15.0. The second-order valence-corrected chi connectivity index (χ2v) is 6.66. The molecule has 0 aromatic heterocycles. The van der Waals surface area contributed by atoms with Crippen molar-refractivity contribution in [3.05, 3.63) is 29.8 Å². The Morgan fingerprint density at radius 1 is 1.33 bits per heavy atom. The van der Waals surface area contributed by atoms with Crippen LogP contribution in [-0.4, -0.2) is 53.4 Å². The summed E-state index contributed by atoms with van der Waals surface area (Å²) in [6, 6.07) is 7.62. The van der Waals surface area contributed by atoms with Crippen LogP contribution in [0.25, 0.3) is 0 Å². The number of amides is 1. The van der Waals surface area contributed by atoms with Gasteiger partial charge in [-0.1, -0.05) is 18.2 Å². The van der Waals surface area contributed by atoms with Crippen molar-refractivity contribution >= 4 is 23.6 Å². The number of carboxylic acids is 1. The third-order valence-corrected chi connectivity index (χ3v) is 5.44. The minimum Gasteiger partial charge on any atom is -0.481 e. The van der Waals surface area contributed by atoms with Gasteiger partial charge in [0.1, 0.15) is 5.92 Å². The third kappa shape index (κ3) is 2.65. The molecule has 3 rings (SSSR count). The van der Waals surface area contributed by atoms with Crippen LogP contribution in [0, 0.1) is 5.92 Å². The van der Waals surface area contributed by atoms with Gasteiger partial charge >= 0.3 is 5.97 Å². The van der Waals surface area contributed by atoms with E-state index in [2.05, 4.69) is 0 Å². The lowest BCUT2D eigenvalue weighted by atomic mass is 10.0. The number of fused-ring (bicyclic) bond motifs is 1. The highest BCUT2D eigenvalue weighted by molar-refractivity contribution is 8.01. The van der Waals surface area contributed by atoms with Crippen LogP contribution in [0.3, 0.4) is 0 Å². The van der Waals surface area contributed by atoms with Gasteiger partial charge in [-0.25, -0.2) is 0 Å². The van der Waals surface area contributed by atoms with Crippen molar-refractivity contribution < 1.29 is 19.4 Å². The Balaban J connectivity index is 1.70. The fourth-order valence-electron chi connectivity index (χ4n) is 2.87. The fourth-order valence-corrected chi connectivity index (χ4v) is 4.17. The molecule has 1 fully saturated rings. The highest BCUT2D eigenvalue weighted by Gasteiger charge is 2.41. The average molecular weight is 307 g/mol. The maximum absolute atomic E-state index is 12.6. The Morgan fingerprint density at radius 3 is 2.81 bits per heavy atom. The van der Waals surface area contributed by atoms with E-state index in [1.165, 1.54) is 5.56 Å². The van der Waals surface area contributed by atoms with Crippen LogP contribution in [0.1, 0.15) is 5.56 Å². The van der Waals surface area contributed by atoms with Gasteiger partial charge in [0.05, 0.1) is 24.5 Å². The van der Waals surface area contributed by atoms with Gasteiger partial charge < -0.3 is 14.7 Å². The number of hydrogen-bond donors (Lipinski definition) is 1. The molecule has 0 aliphatic carbocycles. The lowest BCUT2D eigenvalue weighted by Crippen LogP contribution is -2.47. The molecular formula is C15H17NO4S. The van der Waals surface area contributed by atoms with Crippen LogP contribution in [0.15, 0.2) is 29.2 Å². The van der Waals surface area contributed by atoms with E-state index in [-0.39, 0.29) is 23.8 Å². The van der Waals surface area contributed by atoms with Gasteiger partial charge in [-0.15, -0.1) is 11.8 Å². The van der Waals surface area contributed by atoms with Crippen molar-refractivity contribution in [3.63, 3.8) is 0 Å². The second-order valence-electron chi connectivity index (χ2n) is 5.42. The Hall–Kier alpha value is -1.53. The predicted octanol–water partition coefficient (Wildman–Crippen LogP) is 1.26. The first-order valence-electron chi connectivity index (χ1n) is 6.89. The number of carbonyl (C=O) groups excluding carboxylic acids is 1. The molecule has 0 saturated carbocycles. The Bertz CT molecular complexity index is 552. The lowest BCUT2D eigenvalue weighted by molar-refractivity contribution is -0.144. The Morgan fingerprint density at radius 2 is 2.10 bits per heavy atom. The molecule has 1 amide bonds. The average Bonchev–Trinajstić information content (AvgIpc) is 3.11. The summed E-state index contributed by atoms with van der Waals surface area (Å²) >= 11 is 1.56. The molecule has 1 saturated heterocycles.